The smallest absolute Gasteiger partial charge is 0.407 e. The number of fused-ring (bicyclic) bond motifs is 1. The van der Waals surface area contributed by atoms with Crippen LogP contribution in [0.2, 0.25) is 0 Å². The first-order valence-corrected chi connectivity index (χ1v) is 15.6. The molecule has 1 aromatic carbocycles. The molecule has 0 atom stereocenters. The quantitative estimate of drug-likeness (QED) is 0.187. The van der Waals surface area contributed by atoms with Gasteiger partial charge in [-0.3, -0.25) is 14.8 Å². The molecule has 244 valence electrons. The van der Waals surface area contributed by atoms with Crippen LogP contribution in [0.5, 0.6) is 11.5 Å². The summed E-state index contributed by atoms with van der Waals surface area (Å²) in [4.78, 5) is 39.2. The Bertz CT molecular complexity index is 1560. The predicted octanol–water partition coefficient (Wildman–Crippen LogP) is 5.56. The molecule has 0 radical (unpaired) electrons. The molecule has 4 heterocycles. The maximum absolute atomic E-state index is 12.5. The van der Waals surface area contributed by atoms with Gasteiger partial charge in [-0.05, 0) is 76.4 Å². The minimum Gasteiger partial charge on any atom is -0.490 e. The first-order chi connectivity index (χ1) is 22.2. The molecule has 0 saturated carbocycles. The van der Waals surface area contributed by atoms with Gasteiger partial charge >= 0.3 is 6.09 Å². The molecule has 46 heavy (non-hydrogen) atoms. The number of hydrogen-bond acceptors (Lipinski definition) is 10. The topological polar surface area (TPSA) is 138 Å². The zero-order chi connectivity index (χ0) is 32.4. The molecular weight excluding hydrogens is 590 g/mol. The van der Waals surface area contributed by atoms with E-state index in [1.54, 1.807) is 18.6 Å². The Kier molecular flexibility index (Phi) is 11.0. The van der Waals surface area contributed by atoms with Crippen LogP contribution in [0.15, 0.2) is 65.5 Å². The molecule has 1 fully saturated rings. The molecule has 1 aliphatic heterocycles. The molecule has 12 nitrogen and oxygen atoms in total. The molecule has 1 aliphatic rings. The van der Waals surface area contributed by atoms with Crippen molar-refractivity contribution >= 4 is 23.1 Å². The van der Waals surface area contributed by atoms with Crippen molar-refractivity contribution in [2.24, 2.45) is 0 Å². The van der Waals surface area contributed by atoms with Gasteiger partial charge in [0.25, 0.3) is 0 Å². The lowest BCUT2D eigenvalue weighted by molar-refractivity contribution is -0.134. The van der Waals surface area contributed by atoms with Crippen molar-refractivity contribution in [2.75, 3.05) is 32.8 Å². The Labute approximate surface area is 268 Å². The van der Waals surface area contributed by atoms with Crippen molar-refractivity contribution in [1.29, 1.82) is 0 Å². The molecule has 0 spiro atoms. The number of alkyl carbamates (subject to hydrolysis) is 1. The van der Waals surface area contributed by atoms with E-state index < -0.39 is 11.7 Å². The van der Waals surface area contributed by atoms with Crippen LogP contribution in [0.1, 0.15) is 52.1 Å². The van der Waals surface area contributed by atoms with Crippen LogP contribution in [0, 0.1) is 0 Å². The average Bonchev–Trinajstić information content (AvgIpc) is 3.48. The molecule has 2 amide bonds. The first-order valence-electron chi connectivity index (χ1n) is 15.6. The zero-order valence-corrected chi connectivity index (χ0v) is 26.6. The molecule has 1 N–H and O–H groups in total. The second-order valence-corrected chi connectivity index (χ2v) is 12.0. The Balaban J connectivity index is 0.944. The number of benzene rings is 1. The van der Waals surface area contributed by atoms with Crippen molar-refractivity contribution in [3.8, 4) is 23.0 Å². The SMILES string of the molecule is CC(C)(C)OC(=O)NCCCC(=O)N1CCC(OCCOc2ccc(COc3ccc4oc(-c5cccnc5)nc4c3)nc2)CC1. The van der Waals surface area contributed by atoms with Crippen molar-refractivity contribution in [1.82, 2.24) is 25.2 Å². The normalized spacial score (nSPS) is 13.8. The summed E-state index contributed by atoms with van der Waals surface area (Å²) in [5.74, 6) is 1.93. The fourth-order valence-electron chi connectivity index (χ4n) is 4.90. The van der Waals surface area contributed by atoms with Gasteiger partial charge in [-0.15, -0.1) is 0 Å². The minimum absolute atomic E-state index is 0.0949. The fraction of sp³-hybridized carbons (Fsp3) is 0.441. The molecule has 5 rings (SSSR count). The van der Waals surface area contributed by atoms with E-state index in [9.17, 15) is 9.59 Å². The summed E-state index contributed by atoms with van der Waals surface area (Å²) in [7, 11) is 0. The molecule has 12 heteroatoms. The number of oxazole rings is 1. The van der Waals surface area contributed by atoms with Gasteiger partial charge in [0.2, 0.25) is 11.8 Å². The Hall–Kier alpha value is -4.71. The van der Waals surface area contributed by atoms with E-state index in [0.29, 0.717) is 80.8 Å². The zero-order valence-electron chi connectivity index (χ0n) is 26.6. The maximum Gasteiger partial charge on any atom is 0.407 e. The molecule has 4 aromatic rings. The largest absolute Gasteiger partial charge is 0.490 e. The van der Waals surface area contributed by atoms with Gasteiger partial charge in [-0.1, -0.05) is 0 Å². The maximum atomic E-state index is 12.5. The van der Waals surface area contributed by atoms with Gasteiger partial charge < -0.3 is 33.6 Å². The lowest BCUT2D eigenvalue weighted by Crippen LogP contribution is -2.41. The standard InChI is InChI=1S/C34H41N5O7/c1-34(2,3)46-33(41)36-15-5-7-31(40)39-16-12-26(13-17-39)42-18-19-43-28-9-8-25(37-22-28)23-44-27-10-11-30-29(20-27)38-32(45-30)24-6-4-14-35-21-24/h4,6,8-11,14,20-22,26H,5,7,12-13,15-19,23H2,1-3H3,(H,36,41). The molecular formula is C34H41N5O7. The fourth-order valence-corrected chi connectivity index (χ4v) is 4.90. The highest BCUT2D eigenvalue weighted by molar-refractivity contribution is 5.78. The molecule has 0 unspecified atom stereocenters. The van der Waals surface area contributed by atoms with Gasteiger partial charge in [0.1, 0.15) is 35.8 Å². The van der Waals surface area contributed by atoms with Crippen molar-refractivity contribution < 1.29 is 33.0 Å². The highest BCUT2D eigenvalue weighted by atomic mass is 16.6. The van der Waals surface area contributed by atoms with Gasteiger partial charge in [0.05, 0.1) is 30.2 Å². The van der Waals surface area contributed by atoms with Crippen LogP contribution in [-0.4, -0.2) is 76.4 Å². The van der Waals surface area contributed by atoms with Crippen LogP contribution >= 0.6 is 0 Å². The average molecular weight is 632 g/mol. The first kappa shape index (κ1) is 32.7. The molecule has 3 aromatic heterocycles. The number of pyridine rings is 2. The summed E-state index contributed by atoms with van der Waals surface area (Å²) in [6, 6.07) is 13.0. The summed E-state index contributed by atoms with van der Waals surface area (Å²) in [5.41, 5.74) is 2.42. The molecule has 0 aliphatic carbocycles. The monoisotopic (exact) mass is 631 g/mol. The number of aromatic nitrogens is 3. The summed E-state index contributed by atoms with van der Waals surface area (Å²) in [6.07, 6.45) is 7.26. The van der Waals surface area contributed by atoms with Crippen molar-refractivity contribution in [2.45, 2.75) is 64.8 Å². The van der Waals surface area contributed by atoms with Crippen molar-refractivity contribution in [3.63, 3.8) is 0 Å². The van der Waals surface area contributed by atoms with Crippen LogP contribution in [0.4, 0.5) is 4.79 Å². The predicted molar refractivity (Wildman–Crippen MR) is 170 cm³/mol. The number of piperidine rings is 1. The van der Waals surface area contributed by atoms with Crippen LogP contribution in [0.3, 0.4) is 0 Å². The second-order valence-electron chi connectivity index (χ2n) is 12.0. The van der Waals surface area contributed by atoms with Gasteiger partial charge in [-0.2, -0.15) is 0 Å². The van der Waals surface area contributed by atoms with E-state index in [0.717, 1.165) is 24.1 Å². The molecule has 1 saturated heterocycles. The van der Waals surface area contributed by atoms with E-state index in [4.69, 9.17) is 23.4 Å². The highest BCUT2D eigenvalue weighted by Gasteiger charge is 2.23. The Morgan fingerprint density at radius 1 is 1.02 bits per heavy atom. The third-order valence-electron chi connectivity index (χ3n) is 7.19. The minimum atomic E-state index is -0.539. The number of rotatable bonds is 13. The van der Waals surface area contributed by atoms with E-state index in [1.807, 2.05) is 68.1 Å². The van der Waals surface area contributed by atoms with Crippen LogP contribution in [-0.2, 0) is 20.9 Å². The van der Waals surface area contributed by atoms with E-state index in [2.05, 4.69) is 20.3 Å². The van der Waals surface area contributed by atoms with Crippen LogP contribution in [0.25, 0.3) is 22.6 Å². The Morgan fingerprint density at radius 3 is 2.59 bits per heavy atom. The number of ether oxygens (including phenoxy) is 4. The highest BCUT2D eigenvalue weighted by Crippen LogP contribution is 2.27. The van der Waals surface area contributed by atoms with E-state index >= 15 is 0 Å². The number of nitrogens with zero attached hydrogens (tertiary/aromatic N) is 4. The van der Waals surface area contributed by atoms with Gasteiger partial charge in [0, 0.05) is 44.5 Å². The number of carbonyl (C=O) groups is 2. The van der Waals surface area contributed by atoms with Crippen LogP contribution < -0.4 is 14.8 Å². The number of hydrogen-bond donors (Lipinski definition) is 1. The number of carbonyl (C=O) groups excluding carboxylic acids is 2. The molecule has 0 bridgehead atoms. The van der Waals surface area contributed by atoms with Gasteiger partial charge in [0.15, 0.2) is 5.58 Å². The number of likely N-dealkylation sites (tertiary alicyclic amines) is 1. The summed E-state index contributed by atoms with van der Waals surface area (Å²) in [5, 5.41) is 2.69. The number of nitrogens with one attached hydrogen (secondary N) is 1. The van der Waals surface area contributed by atoms with E-state index in [1.165, 1.54) is 0 Å². The van der Waals surface area contributed by atoms with Gasteiger partial charge in [-0.25, -0.2) is 9.78 Å². The summed E-state index contributed by atoms with van der Waals surface area (Å²) >= 11 is 0. The summed E-state index contributed by atoms with van der Waals surface area (Å²) < 4.78 is 28.8. The second kappa shape index (κ2) is 15.5. The lowest BCUT2D eigenvalue weighted by Gasteiger charge is -2.32. The van der Waals surface area contributed by atoms with E-state index in [-0.39, 0.29) is 12.0 Å². The lowest BCUT2D eigenvalue weighted by atomic mass is 10.1. The Morgan fingerprint density at radius 2 is 1.85 bits per heavy atom. The third kappa shape index (κ3) is 9.90. The third-order valence-corrected chi connectivity index (χ3v) is 7.19. The summed E-state index contributed by atoms with van der Waals surface area (Å²) in [6.45, 7) is 8.32. The van der Waals surface area contributed by atoms with Crippen molar-refractivity contribution in [3.05, 3.63) is 66.7 Å². The number of amides is 2.